The van der Waals surface area contributed by atoms with Crippen LogP contribution in [0, 0.1) is 0 Å². The van der Waals surface area contributed by atoms with Gasteiger partial charge in [-0.15, -0.1) is 0 Å². The number of carbonyl (C=O) groups is 1. The standard InChI is InChI=1S/C26H32N4O3/c1-18(2)24-28-23(20-12-8-5-9-13-20)25(33-24)29-26(31)27-22-17-30(14-15-32-3)16-21(22)19-10-6-4-7-11-19/h4-13,18,21-22H,14-17H2,1-3H3,(H2,27,29,31). The molecule has 2 unspecified atom stereocenters. The molecule has 0 saturated carbocycles. The molecule has 0 aliphatic carbocycles. The number of aromatic nitrogens is 1. The van der Waals surface area contributed by atoms with Crippen LogP contribution < -0.4 is 10.6 Å². The topological polar surface area (TPSA) is 79.6 Å². The molecule has 1 aromatic heterocycles. The number of ether oxygens (including phenoxy) is 1. The zero-order chi connectivity index (χ0) is 23.2. The highest BCUT2D eigenvalue weighted by molar-refractivity contribution is 5.91. The number of oxazole rings is 1. The maximum absolute atomic E-state index is 13.1. The molecule has 2 atom stereocenters. The first-order chi connectivity index (χ1) is 16.0. The van der Waals surface area contributed by atoms with Gasteiger partial charge in [-0.05, 0) is 5.56 Å². The third-order valence-corrected chi connectivity index (χ3v) is 5.96. The molecule has 1 fully saturated rings. The van der Waals surface area contributed by atoms with Gasteiger partial charge in [-0.1, -0.05) is 74.5 Å². The summed E-state index contributed by atoms with van der Waals surface area (Å²) in [5, 5.41) is 6.10. The van der Waals surface area contributed by atoms with Crippen molar-refractivity contribution in [3.63, 3.8) is 0 Å². The van der Waals surface area contributed by atoms with Gasteiger partial charge in [-0.2, -0.15) is 0 Å². The fourth-order valence-electron chi connectivity index (χ4n) is 4.24. The molecule has 7 heteroatoms. The molecule has 33 heavy (non-hydrogen) atoms. The number of carbonyl (C=O) groups excluding carboxylic acids is 1. The van der Waals surface area contributed by atoms with Gasteiger partial charge in [-0.3, -0.25) is 10.2 Å². The molecule has 2 amide bonds. The number of likely N-dealkylation sites (tertiary alicyclic amines) is 1. The molecule has 7 nitrogen and oxygen atoms in total. The molecule has 1 aliphatic rings. The molecule has 0 bridgehead atoms. The number of nitrogens with one attached hydrogen (secondary N) is 2. The smallest absolute Gasteiger partial charge is 0.321 e. The Hall–Kier alpha value is -3.16. The van der Waals surface area contributed by atoms with Crippen LogP contribution in [0.5, 0.6) is 0 Å². The molecule has 1 saturated heterocycles. The molecule has 0 spiro atoms. The monoisotopic (exact) mass is 448 g/mol. The molecule has 4 rings (SSSR count). The molecule has 2 heterocycles. The fourth-order valence-corrected chi connectivity index (χ4v) is 4.24. The van der Waals surface area contributed by atoms with E-state index in [0.29, 0.717) is 24.1 Å². The summed E-state index contributed by atoms with van der Waals surface area (Å²) in [6.45, 7) is 7.15. The van der Waals surface area contributed by atoms with Crippen LogP contribution >= 0.6 is 0 Å². The van der Waals surface area contributed by atoms with E-state index >= 15 is 0 Å². The van der Waals surface area contributed by atoms with Crippen LogP contribution in [0.25, 0.3) is 11.3 Å². The number of amides is 2. The zero-order valence-corrected chi connectivity index (χ0v) is 19.5. The first-order valence-corrected chi connectivity index (χ1v) is 11.4. The van der Waals surface area contributed by atoms with Crippen molar-refractivity contribution >= 4 is 11.9 Å². The second-order valence-electron chi connectivity index (χ2n) is 8.73. The Morgan fingerprint density at radius 2 is 1.82 bits per heavy atom. The van der Waals surface area contributed by atoms with E-state index in [9.17, 15) is 4.79 Å². The normalized spacial score (nSPS) is 18.5. The van der Waals surface area contributed by atoms with Gasteiger partial charge >= 0.3 is 6.03 Å². The van der Waals surface area contributed by atoms with Gasteiger partial charge in [0.05, 0.1) is 12.6 Å². The van der Waals surface area contributed by atoms with E-state index in [1.807, 2.05) is 62.4 Å². The molecule has 3 aromatic rings. The number of benzene rings is 2. The van der Waals surface area contributed by atoms with Gasteiger partial charge in [0.2, 0.25) is 5.88 Å². The highest BCUT2D eigenvalue weighted by atomic mass is 16.5. The Morgan fingerprint density at radius 1 is 1.12 bits per heavy atom. The van der Waals surface area contributed by atoms with Gasteiger partial charge in [0.1, 0.15) is 5.69 Å². The SMILES string of the molecule is COCCN1CC(NC(=O)Nc2oc(C(C)C)nc2-c2ccccc2)C(c2ccccc2)C1. The van der Waals surface area contributed by atoms with Crippen molar-refractivity contribution in [3.05, 3.63) is 72.1 Å². The summed E-state index contributed by atoms with van der Waals surface area (Å²) in [6, 6.07) is 19.8. The van der Waals surface area contributed by atoms with E-state index in [-0.39, 0.29) is 23.9 Å². The summed E-state index contributed by atoms with van der Waals surface area (Å²) in [6.07, 6.45) is 0. The maximum atomic E-state index is 13.1. The van der Waals surface area contributed by atoms with Crippen molar-refractivity contribution in [1.82, 2.24) is 15.2 Å². The minimum Gasteiger partial charge on any atom is -0.424 e. The van der Waals surface area contributed by atoms with Crippen molar-refractivity contribution in [3.8, 4) is 11.3 Å². The van der Waals surface area contributed by atoms with E-state index in [2.05, 4.69) is 32.7 Å². The van der Waals surface area contributed by atoms with Crippen molar-refractivity contribution in [2.45, 2.75) is 31.7 Å². The predicted octanol–water partition coefficient (Wildman–Crippen LogP) is 4.70. The average Bonchev–Trinajstić information content (AvgIpc) is 3.43. The lowest BCUT2D eigenvalue weighted by molar-refractivity contribution is 0.159. The minimum absolute atomic E-state index is 0.0306. The summed E-state index contributed by atoms with van der Waals surface area (Å²) >= 11 is 0. The maximum Gasteiger partial charge on any atom is 0.321 e. The highest BCUT2D eigenvalue weighted by Crippen LogP contribution is 2.32. The van der Waals surface area contributed by atoms with Gasteiger partial charge in [-0.25, -0.2) is 9.78 Å². The van der Waals surface area contributed by atoms with Gasteiger partial charge in [0, 0.05) is 44.1 Å². The Morgan fingerprint density at radius 3 is 2.48 bits per heavy atom. The Balaban J connectivity index is 1.51. The Kier molecular flexibility index (Phi) is 7.42. The van der Waals surface area contributed by atoms with Crippen molar-refractivity contribution < 1.29 is 13.9 Å². The quantitative estimate of drug-likeness (QED) is 0.522. The van der Waals surface area contributed by atoms with E-state index in [1.54, 1.807) is 7.11 Å². The lowest BCUT2D eigenvalue weighted by Gasteiger charge is -2.20. The average molecular weight is 449 g/mol. The van der Waals surface area contributed by atoms with Gasteiger partial charge in [0.25, 0.3) is 0 Å². The summed E-state index contributed by atoms with van der Waals surface area (Å²) in [4.78, 5) is 20.0. The molecule has 2 N–H and O–H groups in total. The fraction of sp³-hybridized carbons (Fsp3) is 0.385. The molecular weight excluding hydrogens is 416 g/mol. The number of methoxy groups -OCH3 is 1. The van der Waals surface area contributed by atoms with Gasteiger partial charge < -0.3 is 14.5 Å². The van der Waals surface area contributed by atoms with Gasteiger partial charge in [0.15, 0.2) is 5.89 Å². The number of hydrogen-bond donors (Lipinski definition) is 2. The minimum atomic E-state index is -0.293. The second-order valence-corrected chi connectivity index (χ2v) is 8.73. The van der Waals surface area contributed by atoms with Crippen molar-refractivity contribution in [2.75, 3.05) is 38.7 Å². The first-order valence-electron chi connectivity index (χ1n) is 11.4. The lowest BCUT2D eigenvalue weighted by atomic mass is 9.94. The summed E-state index contributed by atoms with van der Waals surface area (Å²) < 4.78 is 11.2. The summed E-state index contributed by atoms with van der Waals surface area (Å²) in [7, 11) is 1.71. The van der Waals surface area contributed by atoms with Crippen molar-refractivity contribution in [2.24, 2.45) is 0 Å². The van der Waals surface area contributed by atoms with Crippen LogP contribution in [0.1, 0.15) is 37.1 Å². The van der Waals surface area contributed by atoms with Crippen LogP contribution in [0.2, 0.25) is 0 Å². The number of anilines is 1. The highest BCUT2D eigenvalue weighted by Gasteiger charge is 2.35. The zero-order valence-electron chi connectivity index (χ0n) is 19.5. The molecule has 1 aliphatic heterocycles. The molecule has 174 valence electrons. The largest absolute Gasteiger partial charge is 0.424 e. The lowest BCUT2D eigenvalue weighted by Crippen LogP contribution is -2.42. The third kappa shape index (κ3) is 5.61. The van der Waals surface area contributed by atoms with Crippen molar-refractivity contribution in [1.29, 1.82) is 0 Å². The number of nitrogens with zero attached hydrogens (tertiary/aromatic N) is 2. The van der Waals surface area contributed by atoms with Crippen LogP contribution in [-0.4, -0.2) is 55.3 Å². The molecule has 0 radical (unpaired) electrons. The van der Waals surface area contributed by atoms with E-state index in [1.165, 1.54) is 5.56 Å². The number of hydrogen-bond acceptors (Lipinski definition) is 5. The van der Waals surface area contributed by atoms with E-state index in [0.717, 1.165) is 25.2 Å². The van der Waals surface area contributed by atoms with Crippen LogP contribution in [0.3, 0.4) is 0 Å². The first kappa shape index (κ1) is 23.0. The van der Waals surface area contributed by atoms with Crippen LogP contribution in [0.4, 0.5) is 10.7 Å². The number of urea groups is 1. The Labute approximate surface area is 195 Å². The van der Waals surface area contributed by atoms with E-state index < -0.39 is 0 Å². The summed E-state index contributed by atoms with van der Waals surface area (Å²) in [5.41, 5.74) is 2.76. The Bertz CT molecular complexity index is 1040. The summed E-state index contributed by atoms with van der Waals surface area (Å²) in [5.74, 6) is 1.27. The second kappa shape index (κ2) is 10.6. The van der Waals surface area contributed by atoms with E-state index in [4.69, 9.17) is 9.15 Å². The van der Waals surface area contributed by atoms with Crippen LogP contribution in [-0.2, 0) is 4.74 Å². The molecule has 2 aromatic carbocycles. The number of rotatable bonds is 8. The third-order valence-electron chi connectivity index (χ3n) is 5.96. The predicted molar refractivity (Wildman–Crippen MR) is 129 cm³/mol. The van der Waals surface area contributed by atoms with Crippen LogP contribution in [0.15, 0.2) is 65.1 Å². The molecular formula is C26H32N4O3.